The fraction of sp³-hybridized carbons (Fsp3) is 0.438. The second kappa shape index (κ2) is 5.17. The highest BCUT2D eigenvalue weighted by atomic mass is 15.0. The van der Waals surface area contributed by atoms with Gasteiger partial charge in [0, 0.05) is 30.2 Å². The first-order valence-electron chi connectivity index (χ1n) is 7.10. The molecule has 0 amide bonds. The van der Waals surface area contributed by atoms with E-state index in [9.17, 15) is 0 Å². The van der Waals surface area contributed by atoms with Crippen LogP contribution in [0.3, 0.4) is 0 Å². The molecule has 19 heavy (non-hydrogen) atoms. The number of nitrogens with zero attached hydrogens (tertiary/aromatic N) is 1. The van der Waals surface area contributed by atoms with Gasteiger partial charge in [0.15, 0.2) is 0 Å². The third-order valence-corrected chi connectivity index (χ3v) is 3.50. The van der Waals surface area contributed by atoms with E-state index >= 15 is 0 Å². The molecule has 1 aliphatic carbocycles. The van der Waals surface area contributed by atoms with E-state index in [1.54, 1.807) is 0 Å². The SMILES string of the molecule is CC(C)NCc1cnc(NC2CC2)c2ccccc12. The molecule has 0 radical (unpaired) electrons. The van der Waals surface area contributed by atoms with Gasteiger partial charge in [0.05, 0.1) is 0 Å². The second-order valence-electron chi connectivity index (χ2n) is 5.63. The van der Waals surface area contributed by atoms with Crippen LogP contribution in [-0.4, -0.2) is 17.1 Å². The molecule has 100 valence electrons. The molecule has 3 rings (SSSR count). The Bertz CT molecular complexity index is 573. The molecular formula is C16H21N3. The van der Waals surface area contributed by atoms with Crippen LogP contribution in [-0.2, 0) is 6.54 Å². The van der Waals surface area contributed by atoms with Gasteiger partial charge >= 0.3 is 0 Å². The van der Waals surface area contributed by atoms with Crippen LogP contribution >= 0.6 is 0 Å². The van der Waals surface area contributed by atoms with E-state index in [-0.39, 0.29) is 0 Å². The van der Waals surface area contributed by atoms with Crippen LogP contribution in [0, 0.1) is 0 Å². The monoisotopic (exact) mass is 255 g/mol. The maximum absolute atomic E-state index is 4.61. The van der Waals surface area contributed by atoms with Crippen molar-refractivity contribution in [2.24, 2.45) is 0 Å². The van der Waals surface area contributed by atoms with Gasteiger partial charge in [-0.1, -0.05) is 38.1 Å². The summed E-state index contributed by atoms with van der Waals surface area (Å²) in [5.41, 5.74) is 1.27. The molecule has 2 aromatic rings. The maximum Gasteiger partial charge on any atom is 0.134 e. The number of hydrogen-bond donors (Lipinski definition) is 2. The average Bonchev–Trinajstić information content (AvgIpc) is 3.22. The zero-order valence-electron chi connectivity index (χ0n) is 11.6. The summed E-state index contributed by atoms with van der Waals surface area (Å²) in [6, 6.07) is 9.65. The van der Waals surface area contributed by atoms with Crippen molar-refractivity contribution in [2.45, 2.75) is 45.3 Å². The number of fused-ring (bicyclic) bond motifs is 1. The van der Waals surface area contributed by atoms with Crippen molar-refractivity contribution in [1.29, 1.82) is 0 Å². The fourth-order valence-electron chi connectivity index (χ4n) is 2.24. The normalized spacial score (nSPS) is 15.1. The number of pyridine rings is 1. The molecule has 3 heteroatoms. The Morgan fingerprint density at radius 3 is 2.63 bits per heavy atom. The zero-order valence-corrected chi connectivity index (χ0v) is 11.6. The van der Waals surface area contributed by atoms with Gasteiger partial charge in [0.2, 0.25) is 0 Å². The zero-order chi connectivity index (χ0) is 13.2. The van der Waals surface area contributed by atoms with Crippen molar-refractivity contribution in [3.63, 3.8) is 0 Å². The van der Waals surface area contributed by atoms with E-state index in [1.807, 2.05) is 6.20 Å². The molecule has 1 aromatic heterocycles. The smallest absolute Gasteiger partial charge is 0.134 e. The number of anilines is 1. The minimum absolute atomic E-state index is 0.489. The van der Waals surface area contributed by atoms with Crippen LogP contribution in [0.25, 0.3) is 10.8 Å². The summed E-state index contributed by atoms with van der Waals surface area (Å²) in [6.07, 6.45) is 4.54. The molecule has 1 aromatic carbocycles. The second-order valence-corrected chi connectivity index (χ2v) is 5.63. The highest BCUT2D eigenvalue weighted by molar-refractivity contribution is 5.94. The third-order valence-electron chi connectivity index (χ3n) is 3.50. The highest BCUT2D eigenvalue weighted by Gasteiger charge is 2.22. The van der Waals surface area contributed by atoms with Gasteiger partial charge < -0.3 is 10.6 Å². The quantitative estimate of drug-likeness (QED) is 0.860. The van der Waals surface area contributed by atoms with Crippen LogP contribution in [0.4, 0.5) is 5.82 Å². The Morgan fingerprint density at radius 2 is 1.95 bits per heavy atom. The van der Waals surface area contributed by atoms with E-state index in [0.29, 0.717) is 12.1 Å². The molecule has 0 aliphatic heterocycles. The van der Waals surface area contributed by atoms with Gasteiger partial charge in [-0.2, -0.15) is 0 Å². The summed E-state index contributed by atoms with van der Waals surface area (Å²) in [6.45, 7) is 5.20. The fourth-order valence-corrected chi connectivity index (χ4v) is 2.24. The summed E-state index contributed by atoms with van der Waals surface area (Å²) < 4.78 is 0. The molecule has 1 fully saturated rings. The summed E-state index contributed by atoms with van der Waals surface area (Å²) in [4.78, 5) is 4.61. The van der Waals surface area contributed by atoms with Crippen LogP contribution < -0.4 is 10.6 Å². The van der Waals surface area contributed by atoms with Gasteiger partial charge in [0.25, 0.3) is 0 Å². The Balaban J connectivity index is 1.95. The minimum Gasteiger partial charge on any atom is -0.367 e. The van der Waals surface area contributed by atoms with E-state index in [0.717, 1.165) is 12.4 Å². The lowest BCUT2D eigenvalue weighted by atomic mass is 10.1. The Morgan fingerprint density at radius 1 is 1.21 bits per heavy atom. The summed E-state index contributed by atoms with van der Waals surface area (Å²) in [7, 11) is 0. The number of rotatable bonds is 5. The van der Waals surface area contributed by atoms with E-state index in [2.05, 4.69) is 53.7 Å². The third kappa shape index (κ3) is 2.87. The van der Waals surface area contributed by atoms with Gasteiger partial charge in [-0.25, -0.2) is 4.98 Å². The molecule has 0 atom stereocenters. The van der Waals surface area contributed by atoms with Crippen LogP contribution in [0.15, 0.2) is 30.5 Å². The Labute approximate surface area is 114 Å². The van der Waals surface area contributed by atoms with Crippen molar-refractivity contribution in [3.05, 3.63) is 36.0 Å². The van der Waals surface area contributed by atoms with Gasteiger partial charge in [-0.05, 0) is 23.8 Å². The van der Waals surface area contributed by atoms with Crippen molar-refractivity contribution in [2.75, 3.05) is 5.32 Å². The van der Waals surface area contributed by atoms with Crippen LogP contribution in [0.1, 0.15) is 32.3 Å². The lowest BCUT2D eigenvalue weighted by Crippen LogP contribution is -2.22. The Kier molecular flexibility index (Phi) is 3.38. The minimum atomic E-state index is 0.489. The summed E-state index contributed by atoms with van der Waals surface area (Å²) in [5, 5.41) is 9.52. The molecule has 3 nitrogen and oxygen atoms in total. The molecule has 2 N–H and O–H groups in total. The first kappa shape index (κ1) is 12.4. The topological polar surface area (TPSA) is 37.0 Å². The van der Waals surface area contributed by atoms with Crippen LogP contribution in [0.5, 0.6) is 0 Å². The standard InChI is InChI=1S/C16H21N3/c1-11(2)17-9-12-10-18-16(19-13-7-8-13)15-6-4-3-5-14(12)15/h3-6,10-11,13,17H,7-9H2,1-2H3,(H,18,19). The molecular weight excluding hydrogens is 234 g/mol. The molecule has 0 saturated heterocycles. The predicted octanol–water partition coefficient (Wildman–Crippen LogP) is 3.31. The van der Waals surface area contributed by atoms with Crippen molar-refractivity contribution in [3.8, 4) is 0 Å². The van der Waals surface area contributed by atoms with Crippen molar-refractivity contribution >= 4 is 16.6 Å². The van der Waals surface area contributed by atoms with E-state index in [4.69, 9.17) is 0 Å². The van der Waals surface area contributed by atoms with Crippen molar-refractivity contribution in [1.82, 2.24) is 10.3 Å². The maximum atomic E-state index is 4.61. The first-order chi connectivity index (χ1) is 9.24. The number of nitrogens with one attached hydrogen (secondary N) is 2. The first-order valence-corrected chi connectivity index (χ1v) is 7.10. The number of aromatic nitrogens is 1. The molecule has 0 bridgehead atoms. The predicted molar refractivity (Wildman–Crippen MR) is 80.4 cm³/mol. The molecule has 1 saturated carbocycles. The van der Waals surface area contributed by atoms with Gasteiger partial charge in [0.1, 0.15) is 5.82 Å². The number of hydrogen-bond acceptors (Lipinski definition) is 3. The lowest BCUT2D eigenvalue weighted by Gasteiger charge is -2.13. The largest absolute Gasteiger partial charge is 0.367 e. The summed E-state index contributed by atoms with van der Waals surface area (Å²) in [5.74, 6) is 1.03. The molecule has 0 unspecified atom stereocenters. The highest BCUT2D eigenvalue weighted by Crippen LogP contribution is 2.29. The molecule has 0 spiro atoms. The lowest BCUT2D eigenvalue weighted by molar-refractivity contribution is 0.590. The van der Waals surface area contributed by atoms with Crippen LogP contribution in [0.2, 0.25) is 0 Å². The average molecular weight is 255 g/mol. The van der Waals surface area contributed by atoms with Gasteiger partial charge in [-0.3, -0.25) is 0 Å². The molecule has 1 aliphatic rings. The Hall–Kier alpha value is -1.61. The summed E-state index contributed by atoms with van der Waals surface area (Å²) >= 11 is 0. The number of benzene rings is 1. The van der Waals surface area contributed by atoms with Crippen molar-refractivity contribution < 1.29 is 0 Å². The van der Waals surface area contributed by atoms with Gasteiger partial charge in [-0.15, -0.1) is 0 Å². The van der Waals surface area contributed by atoms with E-state index < -0.39 is 0 Å². The molecule has 1 heterocycles. The van der Waals surface area contributed by atoms with E-state index in [1.165, 1.54) is 29.2 Å².